The molecule has 1 unspecified atom stereocenters. The summed E-state index contributed by atoms with van der Waals surface area (Å²) in [6, 6.07) is 0. The standard InChI is InChI=1S/C4H11O5P/c1-2-8-10(6,7)9-4-3-5/h5H,2-4H2,1H3,(H,6,7)/p-1. The van der Waals surface area contributed by atoms with Crippen LogP contribution in [0.25, 0.3) is 0 Å². The molecule has 62 valence electrons. The van der Waals surface area contributed by atoms with Gasteiger partial charge in [-0.3, -0.25) is 4.57 Å². The highest BCUT2D eigenvalue weighted by atomic mass is 31.2. The molecular weight excluding hydrogens is 159 g/mol. The third-order valence-electron chi connectivity index (χ3n) is 0.628. The Balaban J connectivity index is 3.53. The average Bonchev–Trinajstić information content (AvgIpc) is 1.84. The van der Waals surface area contributed by atoms with Gasteiger partial charge in [-0.15, -0.1) is 0 Å². The van der Waals surface area contributed by atoms with Gasteiger partial charge in [-0.1, -0.05) is 0 Å². The number of aliphatic hydroxyl groups excluding tert-OH is 1. The molecule has 0 radical (unpaired) electrons. The highest BCUT2D eigenvalue weighted by Crippen LogP contribution is 2.37. The topological polar surface area (TPSA) is 78.8 Å². The van der Waals surface area contributed by atoms with Gasteiger partial charge in [0.15, 0.2) is 0 Å². The van der Waals surface area contributed by atoms with E-state index in [0.717, 1.165) is 0 Å². The predicted octanol–water partition coefficient (Wildman–Crippen LogP) is -0.500. The second kappa shape index (κ2) is 4.82. The Kier molecular flexibility index (Phi) is 4.85. The van der Waals surface area contributed by atoms with Crippen LogP contribution in [-0.4, -0.2) is 24.9 Å². The molecule has 0 spiro atoms. The molecule has 0 saturated carbocycles. The summed E-state index contributed by atoms with van der Waals surface area (Å²) in [5, 5.41) is 8.16. The van der Waals surface area contributed by atoms with Crippen molar-refractivity contribution < 1.29 is 23.6 Å². The van der Waals surface area contributed by atoms with Gasteiger partial charge in [-0.05, 0) is 6.92 Å². The van der Waals surface area contributed by atoms with Crippen LogP contribution in [0.15, 0.2) is 0 Å². The Morgan fingerprint density at radius 3 is 2.60 bits per heavy atom. The number of aliphatic hydroxyl groups is 1. The van der Waals surface area contributed by atoms with Crippen LogP contribution in [0.1, 0.15) is 6.92 Å². The Labute approximate surface area is 59.2 Å². The lowest BCUT2D eigenvalue weighted by molar-refractivity contribution is -0.225. The van der Waals surface area contributed by atoms with Crippen molar-refractivity contribution in [1.29, 1.82) is 0 Å². The predicted molar refractivity (Wildman–Crippen MR) is 32.3 cm³/mol. The first-order chi connectivity index (χ1) is 4.62. The van der Waals surface area contributed by atoms with Crippen LogP contribution in [0.3, 0.4) is 0 Å². The molecule has 0 amide bonds. The van der Waals surface area contributed by atoms with Crippen LogP contribution in [-0.2, 0) is 13.6 Å². The van der Waals surface area contributed by atoms with Crippen molar-refractivity contribution in [3.8, 4) is 0 Å². The van der Waals surface area contributed by atoms with Gasteiger partial charge in [-0.2, -0.15) is 0 Å². The monoisotopic (exact) mass is 169 g/mol. The molecule has 0 aromatic rings. The van der Waals surface area contributed by atoms with Crippen molar-refractivity contribution in [2.45, 2.75) is 6.92 Å². The van der Waals surface area contributed by atoms with Gasteiger partial charge in [0.25, 0.3) is 7.82 Å². The summed E-state index contributed by atoms with van der Waals surface area (Å²) in [6.45, 7) is 0.999. The fourth-order valence-electron chi connectivity index (χ4n) is 0.348. The highest BCUT2D eigenvalue weighted by Gasteiger charge is 2.05. The van der Waals surface area contributed by atoms with E-state index in [4.69, 9.17) is 5.11 Å². The van der Waals surface area contributed by atoms with Crippen molar-refractivity contribution in [2.75, 3.05) is 19.8 Å². The first-order valence-electron chi connectivity index (χ1n) is 2.83. The molecule has 1 atom stereocenters. The molecule has 0 saturated heterocycles. The van der Waals surface area contributed by atoms with E-state index in [2.05, 4.69) is 9.05 Å². The van der Waals surface area contributed by atoms with Crippen molar-refractivity contribution in [1.82, 2.24) is 0 Å². The van der Waals surface area contributed by atoms with Gasteiger partial charge in [-0.25, -0.2) is 0 Å². The van der Waals surface area contributed by atoms with E-state index in [1.165, 1.54) is 6.92 Å². The molecule has 1 N–H and O–H groups in total. The van der Waals surface area contributed by atoms with Gasteiger partial charge in [0, 0.05) is 0 Å². The van der Waals surface area contributed by atoms with Crippen LogP contribution < -0.4 is 4.89 Å². The number of phosphoric acid groups is 1. The zero-order chi connectivity index (χ0) is 8.04. The summed E-state index contributed by atoms with van der Waals surface area (Å²) in [5.74, 6) is 0. The number of rotatable bonds is 5. The molecule has 0 aliphatic carbocycles. The molecule has 0 rings (SSSR count). The van der Waals surface area contributed by atoms with Crippen LogP contribution in [0.4, 0.5) is 0 Å². The van der Waals surface area contributed by atoms with E-state index in [-0.39, 0.29) is 19.8 Å². The highest BCUT2D eigenvalue weighted by molar-refractivity contribution is 7.45. The van der Waals surface area contributed by atoms with Crippen LogP contribution in [0, 0.1) is 0 Å². The second-order valence-corrected chi connectivity index (χ2v) is 2.83. The van der Waals surface area contributed by atoms with E-state index < -0.39 is 7.82 Å². The van der Waals surface area contributed by atoms with Crippen LogP contribution in [0.2, 0.25) is 0 Å². The van der Waals surface area contributed by atoms with Crippen molar-refractivity contribution >= 4 is 7.82 Å². The van der Waals surface area contributed by atoms with Crippen molar-refractivity contribution in [3.63, 3.8) is 0 Å². The van der Waals surface area contributed by atoms with Crippen LogP contribution >= 0.6 is 7.82 Å². The molecule has 10 heavy (non-hydrogen) atoms. The third-order valence-corrected chi connectivity index (χ3v) is 1.70. The Morgan fingerprint density at radius 2 is 2.20 bits per heavy atom. The SMILES string of the molecule is CCOP(=O)([O-])OCCO. The minimum atomic E-state index is -4.12. The average molecular weight is 169 g/mol. The van der Waals surface area contributed by atoms with Gasteiger partial charge in [0.05, 0.1) is 19.8 Å². The fraction of sp³-hybridized carbons (Fsp3) is 1.00. The van der Waals surface area contributed by atoms with E-state index in [1.54, 1.807) is 0 Å². The fourth-order valence-corrected chi connectivity index (χ4v) is 1.04. The maximum Gasteiger partial charge on any atom is 0.267 e. The van der Waals surface area contributed by atoms with Crippen molar-refractivity contribution in [2.24, 2.45) is 0 Å². The molecule has 0 bridgehead atoms. The van der Waals surface area contributed by atoms with E-state index in [9.17, 15) is 9.46 Å². The zero-order valence-electron chi connectivity index (χ0n) is 5.65. The molecule has 0 heterocycles. The lowest BCUT2D eigenvalue weighted by Gasteiger charge is -2.20. The summed E-state index contributed by atoms with van der Waals surface area (Å²) in [4.78, 5) is 10.5. The molecule has 0 fully saturated rings. The molecule has 6 heteroatoms. The normalized spacial score (nSPS) is 16.7. The van der Waals surface area contributed by atoms with E-state index in [0.29, 0.717) is 0 Å². The first-order valence-corrected chi connectivity index (χ1v) is 4.29. The second-order valence-electron chi connectivity index (χ2n) is 1.42. The lowest BCUT2D eigenvalue weighted by atomic mass is 10.8. The molecule has 0 aromatic carbocycles. The lowest BCUT2D eigenvalue weighted by Crippen LogP contribution is -2.10. The molecule has 0 aliphatic heterocycles. The van der Waals surface area contributed by atoms with Gasteiger partial charge >= 0.3 is 0 Å². The molecular formula is C4H10O5P-. The molecule has 5 nitrogen and oxygen atoms in total. The number of phosphoric ester groups is 1. The zero-order valence-corrected chi connectivity index (χ0v) is 6.54. The minimum Gasteiger partial charge on any atom is -0.756 e. The van der Waals surface area contributed by atoms with Crippen molar-refractivity contribution in [3.05, 3.63) is 0 Å². The Morgan fingerprint density at radius 1 is 1.60 bits per heavy atom. The number of hydrogen-bond donors (Lipinski definition) is 1. The molecule has 0 aromatic heterocycles. The first kappa shape index (κ1) is 10.1. The third kappa shape index (κ3) is 4.90. The van der Waals surface area contributed by atoms with Gasteiger partial charge < -0.3 is 19.0 Å². The Bertz CT molecular complexity index is 125. The Hall–Kier alpha value is 0.0700. The van der Waals surface area contributed by atoms with E-state index >= 15 is 0 Å². The molecule has 0 aliphatic rings. The maximum atomic E-state index is 10.5. The van der Waals surface area contributed by atoms with Gasteiger partial charge in [0.2, 0.25) is 0 Å². The number of hydrogen-bond acceptors (Lipinski definition) is 5. The van der Waals surface area contributed by atoms with Gasteiger partial charge in [0.1, 0.15) is 0 Å². The minimum absolute atomic E-state index is 0.0478. The smallest absolute Gasteiger partial charge is 0.267 e. The summed E-state index contributed by atoms with van der Waals surface area (Å²) >= 11 is 0. The maximum absolute atomic E-state index is 10.5. The quantitative estimate of drug-likeness (QED) is 0.561. The largest absolute Gasteiger partial charge is 0.756 e. The summed E-state index contributed by atoms with van der Waals surface area (Å²) < 4.78 is 18.8. The summed E-state index contributed by atoms with van der Waals surface area (Å²) in [7, 11) is -4.12. The summed E-state index contributed by atoms with van der Waals surface area (Å²) in [5.41, 5.74) is 0. The van der Waals surface area contributed by atoms with Crippen LogP contribution in [0.5, 0.6) is 0 Å². The summed E-state index contributed by atoms with van der Waals surface area (Å²) in [6.07, 6.45) is 0. The van der Waals surface area contributed by atoms with E-state index in [1.807, 2.05) is 0 Å².